The topological polar surface area (TPSA) is 128 Å². The molecule has 39 heavy (non-hydrogen) atoms. The second kappa shape index (κ2) is 12.2. The number of nitro groups is 1. The van der Waals surface area contributed by atoms with Crippen LogP contribution in [-0.4, -0.2) is 58.8 Å². The van der Waals surface area contributed by atoms with Crippen LogP contribution in [0.25, 0.3) is 0 Å². The van der Waals surface area contributed by atoms with Crippen LogP contribution < -0.4 is 10.6 Å². The SMILES string of the molecule is CC1=C(NC=O)C(c2ccc([N+](=O)[O-])cc2)C(N(C=O)CCCN2CCC(O)(c3ccccc3)CC2)=C(C)N1. The molecule has 0 radical (unpaired) electrons. The number of piperidine rings is 1. The van der Waals surface area contributed by atoms with Gasteiger partial charge in [0.05, 0.1) is 27.8 Å². The van der Waals surface area contributed by atoms with Crippen LogP contribution >= 0.6 is 0 Å². The minimum Gasteiger partial charge on any atom is -0.385 e. The second-order valence-electron chi connectivity index (χ2n) is 10.1. The maximum absolute atomic E-state index is 12.4. The minimum absolute atomic E-state index is 0.0338. The van der Waals surface area contributed by atoms with Gasteiger partial charge in [-0.3, -0.25) is 19.7 Å². The number of amides is 2. The number of hydrogen-bond donors (Lipinski definition) is 3. The molecular formula is C29H35N5O5. The first-order valence-electron chi connectivity index (χ1n) is 13.1. The van der Waals surface area contributed by atoms with E-state index in [1.54, 1.807) is 17.0 Å². The predicted octanol–water partition coefficient (Wildman–Crippen LogP) is 3.32. The lowest BCUT2D eigenvalue weighted by molar-refractivity contribution is -0.384. The Morgan fingerprint density at radius 3 is 2.36 bits per heavy atom. The first-order chi connectivity index (χ1) is 18.8. The predicted molar refractivity (Wildman–Crippen MR) is 147 cm³/mol. The molecule has 2 amide bonds. The number of aliphatic hydroxyl groups is 1. The molecule has 3 N–H and O–H groups in total. The first-order valence-corrected chi connectivity index (χ1v) is 13.1. The van der Waals surface area contributed by atoms with Crippen molar-refractivity contribution >= 4 is 18.5 Å². The summed E-state index contributed by atoms with van der Waals surface area (Å²) in [4.78, 5) is 38.5. The van der Waals surface area contributed by atoms with Crippen molar-refractivity contribution in [2.75, 3.05) is 26.2 Å². The lowest BCUT2D eigenvalue weighted by atomic mass is 9.84. The maximum atomic E-state index is 12.4. The summed E-state index contributed by atoms with van der Waals surface area (Å²) in [6.07, 6.45) is 3.40. The number of nitrogens with zero attached hydrogens (tertiary/aromatic N) is 3. The Balaban J connectivity index is 1.46. The van der Waals surface area contributed by atoms with E-state index in [-0.39, 0.29) is 5.69 Å². The Hall–Kier alpha value is -4.02. The normalized spacial score (nSPS) is 19.3. The maximum Gasteiger partial charge on any atom is 0.269 e. The van der Waals surface area contributed by atoms with Crippen molar-refractivity contribution in [3.05, 3.63) is 98.6 Å². The number of nitrogens with one attached hydrogen (secondary N) is 2. The molecule has 0 saturated carbocycles. The van der Waals surface area contributed by atoms with Gasteiger partial charge < -0.3 is 25.5 Å². The molecule has 2 aromatic carbocycles. The molecule has 1 atom stereocenters. The molecular weight excluding hydrogens is 498 g/mol. The zero-order valence-corrected chi connectivity index (χ0v) is 22.3. The molecule has 206 valence electrons. The number of non-ortho nitro benzene ring substituents is 1. The van der Waals surface area contributed by atoms with Crippen LogP contribution in [0.2, 0.25) is 0 Å². The lowest BCUT2D eigenvalue weighted by Crippen LogP contribution is -2.43. The lowest BCUT2D eigenvalue weighted by Gasteiger charge is -2.39. The van der Waals surface area contributed by atoms with Crippen LogP contribution in [0.3, 0.4) is 0 Å². The van der Waals surface area contributed by atoms with Gasteiger partial charge in [0.1, 0.15) is 0 Å². The highest BCUT2D eigenvalue weighted by molar-refractivity contribution is 5.60. The third kappa shape index (κ3) is 6.18. The van der Waals surface area contributed by atoms with Gasteiger partial charge in [-0.2, -0.15) is 0 Å². The number of nitro benzene ring substituents is 1. The standard InChI is InChI=1S/C29H35N5O5/c1-21-27(30-19-35)26(23-9-11-25(12-10-23)34(38)39)28(22(2)31-21)33(20-36)16-6-15-32-17-13-29(37,14-18-32)24-7-4-3-5-8-24/h3-5,7-12,19-20,26,31,37H,6,13-18H2,1-2H3,(H,30,35). The van der Waals surface area contributed by atoms with Gasteiger partial charge in [-0.15, -0.1) is 0 Å². The summed E-state index contributed by atoms with van der Waals surface area (Å²) in [5.74, 6) is -0.488. The molecule has 1 unspecified atom stereocenters. The number of hydrogen-bond acceptors (Lipinski definition) is 7. The van der Waals surface area contributed by atoms with Gasteiger partial charge in [0.25, 0.3) is 5.69 Å². The van der Waals surface area contributed by atoms with Crippen LogP contribution in [0.15, 0.2) is 77.4 Å². The highest BCUT2D eigenvalue weighted by atomic mass is 16.6. The van der Waals surface area contributed by atoms with Crippen LogP contribution in [0.1, 0.15) is 50.2 Å². The molecule has 10 heteroatoms. The Morgan fingerprint density at radius 1 is 1.10 bits per heavy atom. The number of benzene rings is 2. The second-order valence-corrected chi connectivity index (χ2v) is 10.1. The quantitative estimate of drug-likeness (QED) is 0.230. The minimum atomic E-state index is -0.813. The van der Waals surface area contributed by atoms with Crippen LogP contribution in [0.4, 0.5) is 5.69 Å². The number of likely N-dealkylation sites (tertiary alicyclic amines) is 1. The van der Waals surface area contributed by atoms with Crippen molar-refractivity contribution in [1.29, 1.82) is 0 Å². The molecule has 2 aromatic rings. The summed E-state index contributed by atoms with van der Waals surface area (Å²) in [6, 6.07) is 15.9. The molecule has 1 saturated heterocycles. The van der Waals surface area contributed by atoms with Gasteiger partial charge in [-0.25, -0.2) is 0 Å². The molecule has 0 spiro atoms. The van der Waals surface area contributed by atoms with E-state index in [0.29, 0.717) is 43.6 Å². The van der Waals surface area contributed by atoms with Gasteiger partial charge >= 0.3 is 0 Å². The molecule has 0 aliphatic carbocycles. The summed E-state index contributed by atoms with van der Waals surface area (Å²) in [5, 5.41) is 28.3. The fourth-order valence-electron chi connectivity index (χ4n) is 5.61. The third-order valence-corrected chi connectivity index (χ3v) is 7.68. The number of carbonyl (C=O) groups is 2. The highest BCUT2D eigenvalue weighted by Gasteiger charge is 2.35. The van der Waals surface area contributed by atoms with E-state index >= 15 is 0 Å². The van der Waals surface area contributed by atoms with Crippen molar-refractivity contribution in [1.82, 2.24) is 20.4 Å². The van der Waals surface area contributed by atoms with Gasteiger partial charge in [0.15, 0.2) is 0 Å². The van der Waals surface area contributed by atoms with E-state index in [4.69, 9.17) is 0 Å². The van der Waals surface area contributed by atoms with Gasteiger partial charge in [0.2, 0.25) is 12.8 Å². The van der Waals surface area contributed by atoms with E-state index in [2.05, 4.69) is 15.5 Å². The summed E-state index contributed by atoms with van der Waals surface area (Å²) >= 11 is 0. The number of dihydropyridines is 1. The molecule has 0 bridgehead atoms. The van der Waals surface area contributed by atoms with E-state index in [0.717, 1.165) is 48.6 Å². The largest absolute Gasteiger partial charge is 0.385 e. The molecule has 10 nitrogen and oxygen atoms in total. The first kappa shape index (κ1) is 28.0. The Labute approximate surface area is 228 Å². The molecule has 2 heterocycles. The molecule has 0 aromatic heterocycles. The van der Waals surface area contributed by atoms with Crippen molar-refractivity contribution in [2.24, 2.45) is 0 Å². The molecule has 2 aliphatic heterocycles. The van der Waals surface area contributed by atoms with E-state index in [9.17, 15) is 24.8 Å². The zero-order valence-electron chi connectivity index (χ0n) is 22.3. The van der Waals surface area contributed by atoms with Crippen molar-refractivity contribution in [3.8, 4) is 0 Å². The van der Waals surface area contributed by atoms with E-state index in [1.807, 2.05) is 44.2 Å². The molecule has 2 aliphatic rings. The average molecular weight is 534 g/mol. The van der Waals surface area contributed by atoms with E-state index < -0.39 is 16.4 Å². The summed E-state index contributed by atoms with van der Waals surface area (Å²) in [6.45, 7) is 6.45. The third-order valence-electron chi connectivity index (χ3n) is 7.68. The summed E-state index contributed by atoms with van der Waals surface area (Å²) < 4.78 is 0. The van der Waals surface area contributed by atoms with Crippen molar-refractivity contribution in [3.63, 3.8) is 0 Å². The van der Waals surface area contributed by atoms with Crippen LogP contribution in [-0.2, 0) is 15.2 Å². The van der Waals surface area contributed by atoms with Crippen LogP contribution in [0, 0.1) is 10.1 Å². The fraction of sp³-hybridized carbons (Fsp3) is 0.379. The summed E-state index contributed by atoms with van der Waals surface area (Å²) in [5.41, 5.74) is 3.60. The average Bonchev–Trinajstić information content (AvgIpc) is 2.94. The Morgan fingerprint density at radius 2 is 1.77 bits per heavy atom. The smallest absolute Gasteiger partial charge is 0.269 e. The van der Waals surface area contributed by atoms with Crippen molar-refractivity contribution < 1.29 is 19.6 Å². The Bertz CT molecular complexity index is 1250. The van der Waals surface area contributed by atoms with Gasteiger partial charge in [-0.05, 0) is 50.8 Å². The van der Waals surface area contributed by atoms with Gasteiger partial charge in [-0.1, -0.05) is 42.5 Å². The van der Waals surface area contributed by atoms with Crippen molar-refractivity contribution in [2.45, 2.75) is 44.6 Å². The Kier molecular flexibility index (Phi) is 8.78. The number of rotatable bonds is 11. The summed E-state index contributed by atoms with van der Waals surface area (Å²) in [7, 11) is 0. The van der Waals surface area contributed by atoms with Gasteiger partial charge in [0, 0.05) is 43.2 Å². The number of carbonyl (C=O) groups excluding carboxylic acids is 2. The monoisotopic (exact) mass is 533 g/mol. The fourth-order valence-corrected chi connectivity index (χ4v) is 5.61. The molecule has 1 fully saturated rings. The number of allylic oxidation sites excluding steroid dienone is 2. The molecule has 4 rings (SSSR count). The highest BCUT2D eigenvalue weighted by Crippen LogP contribution is 2.38. The van der Waals surface area contributed by atoms with E-state index in [1.165, 1.54) is 12.1 Å². The zero-order chi connectivity index (χ0) is 28.0. The van der Waals surface area contributed by atoms with Crippen LogP contribution in [0.5, 0.6) is 0 Å².